The van der Waals surface area contributed by atoms with Gasteiger partial charge in [0, 0.05) is 6.04 Å². The van der Waals surface area contributed by atoms with Crippen molar-refractivity contribution in [1.82, 2.24) is 0 Å². The first-order valence-electron chi connectivity index (χ1n) is 8.14. The lowest BCUT2D eigenvalue weighted by molar-refractivity contribution is -0.0119. The number of aliphatic hydroxyl groups is 1. The molecule has 108 valence electrons. The predicted octanol–water partition coefficient (Wildman–Crippen LogP) is 4.15. The molecule has 0 radical (unpaired) electrons. The lowest BCUT2D eigenvalue weighted by Gasteiger charge is -2.35. The Hall–Kier alpha value is -0.0800. The summed E-state index contributed by atoms with van der Waals surface area (Å²) < 4.78 is 0. The van der Waals surface area contributed by atoms with Gasteiger partial charge in [-0.3, -0.25) is 0 Å². The zero-order valence-corrected chi connectivity index (χ0v) is 12.3. The van der Waals surface area contributed by atoms with E-state index < -0.39 is 5.60 Å². The summed E-state index contributed by atoms with van der Waals surface area (Å²) in [7, 11) is 0. The molecule has 0 aliphatic heterocycles. The average molecular weight is 255 g/mol. The topological polar surface area (TPSA) is 46.2 Å². The van der Waals surface area contributed by atoms with Crippen LogP contribution in [0.25, 0.3) is 0 Å². The summed E-state index contributed by atoms with van der Waals surface area (Å²) in [6, 6.07) is 0.234. The molecule has 1 rings (SSSR count). The summed E-state index contributed by atoms with van der Waals surface area (Å²) in [5.74, 6) is 0. The second kappa shape index (κ2) is 8.92. The second-order valence-corrected chi connectivity index (χ2v) is 6.31. The molecule has 2 atom stereocenters. The van der Waals surface area contributed by atoms with Crippen LogP contribution in [0.4, 0.5) is 0 Å². The molecule has 0 amide bonds. The van der Waals surface area contributed by atoms with Crippen LogP contribution in [-0.2, 0) is 0 Å². The van der Waals surface area contributed by atoms with E-state index in [1.807, 2.05) is 0 Å². The predicted molar refractivity (Wildman–Crippen MR) is 78.6 cm³/mol. The summed E-state index contributed by atoms with van der Waals surface area (Å²) in [6.07, 6.45) is 15.6. The van der Waals surface area contributed by atoms with Gasteiger partial charge in [-0.05, 0) is 32.1 Å². The van der Waals surface area contributed by atoms with Gasteiger partial charge in [0.1, 0.15) is 0 Å². The summed E-state index contributed by atoms with van der Waals surface area (Å²) in [4.78, 5) is 0. The van der Waals surface area contributed by atoms with Crippen molar-refractivity contribution in [1.29, 1.82) is 0 Å². The van der Waals surface area contributed by atoms with E-state index in [4.69, 9.17) is 5.73 Å². The third-order valence-corrected chi connectivity index (χ3v) is 4.35. The van der Waals surface area contributed by atoms with Crippen LogP contribution >= 0.6 is 0 Å². The van der Waals surface area contributed by atoms with Gasteiger partial charge in [-0.25, -0.2) is 0 Å². The van der Waals surface area contributed by atoms with Crippen molar-refractivity contribution in [2.45, 2.75) is 102 Å². The number of nitrogens with two attached hydrogens (primary N) is 1. The number of hydrogen-bond donors (Lipinski definition) is 2. The van der Waals surface area contributed by atoms with Crippen LogP contribution in [0, 0.1) is 0 Å². The summed E-state index contributed by atoms with van der Waals surface area (Å²) in [5.41, 5.74) is 5.52. The Morgan fingerprint density at radius 3 is 2.28 bits per heavy atom. The maximum atomic E-state index is 10.4. The van der Waals surface area contributed by atoms with E-state index in [0.717, 1.165) is 32.1 Å². The quantitative estimate of drug-likeness (QED) is 0.608. The normalized spacial score (nSPS) is 28.5. The van der Waals surface area contributed by atoms with E-state index in [9.17, 15) is 5.11 Å². The first-order chi connectivity index (χ1) is 8.66. The molecular formula is C16H33NO. The molecule has 0 saturated heterocycles. The summed E-state index contributed by atoms with van der Waals surface area (Å²) in [5, 5.41) is 10.4. The molecule has 1 aliphatic carbocycles. The maximum Gasteiger partial charge on any atom is 0.0662 e. The third kappa shape index (κ3) is 6.75. The first kappa shape index (κ1) is 16.0. The van der Waals surface area contributed by atoms with Gasteiger partial charge in [-0.2, -0.15) is 0 Å². The van der Waals surface area contributed by atoms with Gasteiger partial charge in [0.2, 0.25) is 0 Å². The van der Waals surface area contributed by atoms with Crippen LogP contribution in [-0.4, -0.2) is 16.7 Å². The van der Waals surface area contributed by atoms with Crippen molar-refractivity contribution in [2.75, 3.05) is 0 Å². The smallest absolute Gasteiger partial charge is 0.0662 e. The Morgan fingerprint density at radius 1 is 1.06 bits per heavy atom. The molecule has 1 aliphatic rings. The minimum atomic E-state index is -0.431. The number of unbranched alkanes of at least 4 members (excludes halogenated alkanes) is 7. The van der Waals surface area contributed by atoms with Crippen LogP contribution in [0.3, 0.4) is 0 Å². The van der Waals surface area contributed by atoms with Crippen molar-refractivity contribution < 1.29 is 5.11 Å². The largest absolute Gasteiger partial charge is 0.390 e. The monoisotopic (exact) mass is 255 g/mol. The van der Waals surface area contributed by atoms with Gasteiger partial charge >= 0.3 is 0 Å². The van der Waals surface area contributed by atoms with Gasteiger partial charge in [0.25, 0.3) is 0 Å². The molecule has 0 heterocycles. The first-order valence-corrected chi connectivity index (χ1v) is 8.14. The molecule has 0 aromatic heterocycles. The molecule has 0 aromatic rings. The number of hydrogen-bond acceptors (Lipinski definition) is 2. The zero-order valence-electron chi connectivity index (χ0n) is 12.3. The Morgan fingerprint density at radius 2 is 1.67 bits per heavy atom. The molecule has 1 fully saturated rings. The Kier molecular flexibility index (Phi) is 7.92. The van der Waals surface area contributed by atoms with Crippen LogP contribution in [0.1, 0.15) is 90.4 Å². The summed E-state index contributed by atoms with van der Waals surface area (Å²) in [6.45, 7) is 2.26. The highest BCUT2D eigenvalue weighted by molar-refractivity contribution is 4.87. The van der Waals surface area contributed by atoms with Gasteiger partial charge in [0.05, 0.1) is 5.60 Å². The van der Waals surface area contributed by atoms with Crippen LogP contribution in [0.2, 0.25) is 0 Å². The Bertz CT molecular complexity index is 207. The minimum absolute atomic E-state index is 0.234. The average Bonchev–Trinajstić information content (AvgIpc) is 2.32. The van der Waals surface area contributed by atoms with Crippen molar-refractivity contribution in [3.8, 4) is 0 Å². The molecule has 0 bridgehead atoms. The van der Waals surface area contributed by atoms with Crippen LogP contribution in [0.15, 0.2) is 0 Å². The third-order valence-electron chi connectivity index (χ3n) is 4.35. The van der Waals surface area contributed by atoms with Crippen LogP contribution < -0.4 is 5.73 Å². The van der Waals surface area contributed by atoms with E-state index >= 15 is 0 Å². The highest BCUT2D eigenvalue weighted by Gasteiger charge is 2.31. The summed E-state index contributed by atoms with van der Waals surface area (Å²) >= 11 is 0. The fourth-order valence-electron chi connectivity index (χ4n) is 3.20. The maximum absolute atomic E-state index is 10.4. The second-order valence-electron chi connectivity index (χ2n) is 6.31. The van der Waals surface area contributed by atoms with Gasteiger partial charge < -0.3 is 10.8 Å². The molecule has 0 spiro atoms. The molecule has 3 N–H and O–H groups in total. The van der Waals surface area contributed by atoms with E-state index in [2.05, 4.69) is 6.92 Å². The molecule has 1 saturated carbocycles. The van der Waals surface area contributed by atoms with E-state index in [0.29, 0.717) is 0 Å². The molecule has 2 heteroatoms. The molecular weight excluding hydrogens is 222 g/mol. The molecule has 18 heavy (non-hydrogen) atoms. The van der Waals surface area contributed by atoms with E-state index in [1.165, 1.54) is 51.4 Å². The van der Waals surface area contributed by atoms with Crippen molar-refractivity contribution in [3.63, 3.8) is 0 Å². The van der Waals surface area contributed by atoms with E-state index in [-0.39, 0.29) is 6.04 Å². The van der Waals surface area contributed by atoms with Gasteiger partial charge in [-0.1, -0.05) is 58.3 Å². The van der Waals surface area contributed by atoms with Gasteiger partial charge in [0.15, 0.2) is 0 Å². The Labute approximate surface area is 113 Å². The van der Waals surface area contributed by atoms with Gasteiger partial charge in [-0.15, -0.1) is 0 Å². The zero-order chi connectivity index (χ0) is 13.3. The van der Waals surface area contributed by atoms with Crippen molar-refractivity contribution >= 4 is 0 Å². The molecule has 0 aromatic carbocycles. The van der Waals surface area contributed by atoms with Crippen molar-refractivity contribution in [2.24, 2.45) is 5.73 Å². The highest BCUT2D eigenvalue weighted by Crippen LogP contribution is 2.32. The van der Waals surface area contributed by atoms with Crippen molar-refractivity contribution in [3.05, 3.63) is 0 Å². The highest BCUT2D eigenvalue weighted by atomic mass is 16.3. The minimum Gasteiger partial charge on any atom is -0.390 e. The van der Waals surface area contributed by atoms with E-state index in [1.54, 1.807) is 0 Å². The number of rotatable bonds is 9. The van der Waals surface area contributed by atoms with Crippen LogP contribution in [0.5, 0.6) is 0 Å². The molecule has 2 unspecified atom stereocenters. The standard InChI is InChI=1S/C16H33NO/c1-2-3-4-5-6-7-8-9-12-16(18)13-10-11-15(17)14-16/h15,18H,2-14,17H2,1H3. The Balaban J connectivity index is 1.96. The lowest BCUT2D eigenvalue weighted by atomic mass is 9.79. The fourth-order valence-corrected chi connectivity index (χ4v) is 3.20. The fraction of sp³-hybridized carbons (Fsp3) is 1.00. The lowest BCUT2D eigenvalue weighted by Crippen LogP contribution is -2.41. The molecule has 2 nitrogen and oxygen atoms in total. The SMILES string of the molecule is CCCCCCCCCCC1(O)CCCC(N)C1.